The van der Waals surface area contributed by atoms with Gasteiger partial charge in [0.25, 0.3) is 0 Å². The average Bonchev–Trinajstić information content (AvgIpc) is 3.26. The number of rotatable bonds is 5. The number of anilines is 1. The number of benzene rings is 1. The van der Waals surface area contributed by atoms with Gasteiger partial charge in [-0.05, 0) is 37.5 Å². The molecule has 0 aromatic heterocycles. The molecule has 0 aliphatic heterocycles. The van der Waals surface area contributed by atoms with Crippen LogP contribution in [0.1, 0.15) is 25.3 Å². The van der Waals surface area contributed by atoms with Gasteiger partial charge in [0.1, 0.15) is 0 Å². The van der Waals surface area contributed by atoms with Gasteiger partial charge in [0.15, 0.2) is 0 Å². The Balaban J connectivity index is 2.18. The molecule has 5 heteroatoms. The van der Waals surface area contributed by atoms with E-state index in [0.29, 0.717) is 12.2 Å². The Morgan fingerprint density at radius 1 is 1.30 bits per heavy atom. The van der Waals surface area contributed by atoms with Gasteiger partial charge in [-0.25, -0.2) is 0 Å². The summed E-state index contributed by atoms with van der Waals surface area (Å²) >= 11 is 0. The van der Waals surface area contributed by atoms with Crippen molar-refractivity contribution in [2.45, 2.75) is 25.2 Å². The van der Waals surface area contributed by atoms with Crippen molar-refractivity contribution in [1.82, 2.24) is 10.2 Å². The largest absolute Gasteiger partial charge is 0.399 e. The Bertz CT molecular complexity index is 506. The highest BCUT2D eigenvalue weighted by Gasteiger charge is 2.52. The first-order valence-electron chi connectivity index (χ1n) is 6.89. The lowest BCUT2D eigenvalue weighted by atomic mass is 9.94. The third-order valence-electron chi connectivity index (χ3n) is 3.90. The fourth-order valence-corrected chi connectivity index (χ4v) is 2.44. The number of hydrogen-bond donors (Lipinski definition) is 2. The number of nitrogen functional groups attached to an aromatic ring is 1. The van der Waals surface area contributed by atoms with E-state index >= 15 is 0 Å². The molecule has 2 rings (SSSR count). The van der Waals surface area contributed by atoms with Crippen molar-refractivity contribution in [3.05, 3.63) is 29.8 Å². The third kappa shape index (κ3) is 2.61. The van der Waals surface area contributed by atoms with Crippen LogP contribution in [0.5, 0.6) is 0 Å². The summed E-state index contributed by atoms with van der Waals surface area (Å²) in [5.41, 5.74) is 6.92. The molecule has 0 radical (unpaired) electrons. The van der Waals surface area contributed by atoms with Crippen molar-refractivity contribution in [2.24, 2.45) is 0 Å². The fraction of sp³-hybridized carbons (Fsp3) is 0.467. The van der Waals surface area contributed by atoms with Crippen LogP contribution in [0.4, 0.5) is 5.69 Å². The fourth-order valence-electron chi connectivity index (χ4n) is 2.44. The van der Waals surface area contributed by atoms with Crippen LogP contribution in [0.25, 0.3) is 0 Å². The lowest BCUT2D eigenvalue weighted by Crippen LogP contribution is -2.44. The summed E-state index contributed by atoms with van der Waals surface area (Å²) in [4.78, 5) is 25.8. The Hall–Kier alpha value is -2.04. The molecule has 20 heavy (non-hydrogen) atoms. The maximum Gasteiger partial charge on any atom is 0.239 e. The molecule has 5 nitrogen and oxygen atoms in total. The first-order valence-corrected chi connectivity index (χ1v) is 6.89. The van der Waals surface area contributed by atoms with Crippen LogP contribution >= 0.6 is 0 Å². The molecule has 0 bridgehead atoms. The molecular weight excluding hydrogens is 254 g/mol. The zero-order valence-electron chi connectivity index (χ0n) is 12.0. The average molecular weight is 275 g/mol. The minimum atomic E-state index is -0.447. The summed E-state index contributed by atoms with van der Waals surface area (Å²) in [5, 5.41) is 2.55. The molecule has 108 valence electrons. The SMILES string of the molecule is CCN(CC(=O)NC)C(=O)C1(c2ccc(N)cc2)CC1. The standard InChI is InChI=1S/C15H21N3O2/c1-3-18(10-13(19)17-2)14(20)15(8-9-15)11-4-6-12(16)7-5-11/h4-7H,3,8-10,16H2,1-2H3,(H,17,19). The monoisotopic (exact) mass is 275 g/mol. The molecule has 1 fully saturated rings. The van der Waals surface area contributed by atoms with Gasteiger partial charge in [0.2, 0.25) is 11.8 Å². The number of nitrogens with one attached hydrogen (secondary N) is 1. The molecule has 1 saturated carbocycles. The van der Waals surface area contributed by atoms with Crippen LogP contribution in [0.2, 0.25) is 0 Å². The molecule has 0 saturated heterocycles. The lowest BCUT2D eigenvalue weighted by Gasteiger charge is -2.26. The molecule has 0 atom stereocenters. The Morgan fingerprint density at radius 3 is 2.35 bits per heavy atom. The number of likely N-dealkylation sites (N-methyl/N-ethyl adjacent to an activating group) is 2. The predicted molar refractivity (Wildman–Crippen MR) is 78.1 cm³/mol. The van der Waals surface area contributed by atoms with Crippen LogP contribution in [0.15, 0.2) is 24.3 Å². The maximum absolute atomic E-state index is 12.7. The molecule has 1 aromatic carbocycles. The topological polar surface area (TPSA) is 75.4 Å². The summed E-state index contributed by atoms with van der Waals surface area (Å²) in [6.07, 6.45) is 1.67. The van der Waals surface area contributed by atoms with Crippen LogP contribution in [0, 0.1) is 0 Å². The molecule has 2 amide bonds. The van der Waals surface area contributed by atoms with E-state index in [0.717, 1.165) is 18.4 Å². The van der Waals surface area contributed by atoms with Crippen molar-refractivity contribution in [2.75, 3.05) is 25.9 Å². The maximum atomic E-state index is 12.7. The van der Waals surface area contributed by atoms with E-state index < -0.39 is 5.41 Å². The molecule has 1 aliphatic rings. The minimum Gasteiger partial charge on any atom is -0.399 e. The van der Waals surface area contributed by atoms with Crippen molar-refractivity contribution in [3.63, 3.8) is 0 Å². The van der Waals surface area contributed by atoms with Gasteiger partial charge in [-0.1, -0.05) is 12.1 Å². The molecule has 0 spiro atoms. The molecule has 3 N–H and O–H groups in total. The number of nitrogens with two attached hydrogens (primary N) is 1. The number of hydrogen-bond acceptors (Lipinski definition) is 3. The highest BCUT2D eigenvalue weighted by atomic mass is 16.2. The van der Waals surface area contributed by atoms with Gasteiger partial charge in [0, 0.05) is 19.3 Å². The number of carbonyl (C=O) groups excluding carboxylic acids is 2. The third-order valence-corrected chi connectivity index (χ3v) is 3.90. The Kier molecular flexibility index (Phi) is 3.97. The van der Waals surface area contributed by atoms with Gasteiger partial charge < -0.3 is 16.0 Å². The summed E-state index contributed by atoms with van der Waals surface area (Å²) in [6, 6.07) is 7.46. The second kappa shape index (κ2) is 5.53. The summed E-state index contributed by atoms with van der Waals surface area (Å²) in [6.45, 7) is 2.53. The normalized spacial score (nSPS) is 15.5. The Morgan fingerprint density at radius 2 is 1.90 bits per heavy atom. The van der Waals surface area contributed by atoms with Crippen molar-refractivity contribution < 1.29 is 9.59 Å². The first-order chi connectivity index (χ1) is 9.53. The molecule has 0 heterocycles. The van der Waals surface area contributed by atoms with Crippen LogP contribution < -0.4 is 11.1 Å². The second-order valence-corrected chi connectivity index (χ2v) is 5.20. The van der Waals surface area contributed by atoms with E-state index in [2.05, 4.69) is 5.32 Å². The van der Waals surface area contributed by atoms with Gasteiger partial charge >= 0.3 is 0 Å². The summed E-state index contributed by atoms with van der Waals surface area (Å²) < 4.78 is 0. The summed E-state index contributed by atoms with van der Waals surface area (Å²) in [5.74, 6) is -0.110. The van der Waals surface area contributed by atoms with Gasteiger partial charge in [-0.3, -0.25) is 9.59 Å². The zero-order valence-corrected chi connectivity index (χ0v) is 12.0. The van der Waals surface area contributed by atoms with E-state index in [-0.39, 0.29) is 18.4 Å². The number of amides is 2. The highest BCUT2D eigenvalue weighted by Crippen LogP contribution is 2.49. The smallest absolute Gasteiger partial charge is 0.239 e. The predicted octanol–water partition coefficient (Wildman–Crippen LogP) is 0.895. The highest BCUT2D eigenvalue weighted by molar-refractivity contribution is 5.94. The van der Waals surface area contributed by atoms with E-state index in [9.17, 15) is 9.59 Å². The van der Waals surface area contributed by atoms with Gasteiger partial charge in [-0.2, -0.15) is 0 Å². The van der Waals surface area contributed by atoms with E-state index in [1.165, 1.54) is 0 Å². The van der Waals surface area contributed by atoms with E-state index in [1.807, 2.05) is 31.2 Å². The van der Waals surface area contributed by atoms with Gasteiger partial charge in [0.05, 0.1) is 12.0 Å². The first kappa shape index (κ1) is 14.4. The Labute approximate surface area is 119 Å². The molecule has 1 aromatic rings. The molecular formula is C15H21N3O2. The van der Waals surface area contributed by atoms with Crippen LogP contribution in [-0.4, -0.2) is 36.9 Å². The summed E-state index contributed by atoms with van der Waals surface area (Å²) in [7, 11) is 1.58. The molecule has 1 aliphatic carbocycles. The second-order valence-electron chi connectivity index (χ2n) is 5.20. The lowest BCUT2D eigenvalue weighted by molar-refractivity contribution is -0.137. The van der Waals surface area contributed by atoms with Crippen molar-refractivity contribution in [3.8, 4) is 0 Å². The zero-order chi connectivity index (χ0) is 14.8. The van der Waals surface area contributed by atoms with Crippen LogP contribution in [0.3, 0.4) is 0 Å². The van der Waals surface area contributed by atoms with Crippen LogP contribution in [-0.2, 0) is 15.0 Å². The number of carbonyl (C=O) groups is 2. The van der Waals surface area contributed by atoms with Crippen molar-refractivity contribution in [1.29, 1.82) is 0 Å². The van der Waals surface area contributed by atoms with E-state index in [4.69, 9.17) is 5.73 Å². The quantitative estimate of drug-likeness (QED) is 0.784. The van der Waals surface area contributed by atoms with E-state index in [1.54, 1.807) is 11.9 Å². The van der Waals surface area contributed by atoms with Crippen molar-refractivity contribution >= 4 is 17.5 Å². The minimum absolute atomic E-state index is 0.0355. The van der Waals surface area contributed by atoms with Gasteiger partial charge in [-0.15, -0.1) is 0 Å². The number of nitrogens with zero attached hydrogens (tertiary/aromatic N) is 1. The molecule has 0 unspecified atom stereocenters.